The van der Waals surface area contributed by atoms with E-state index >= 15 is 0 Å². The summed E-state index contributed by atoms with van der Waals surface area (Å²) in [6.07, 6.45) is -2.43. The number of rotatable bonds is 4. The van der Waals surface area contributed by atoms with E-state index in [1.807, 2.05) is 0 Å². The minimum Gasteiger partial charge on any atom is -0.260 e. The van der Waals surface area contributed by atoms with Crippen LogP contribution in [-0.4, -0.2) is 25.1 Å². The van der Waals surface area contributed by atoms with Crippen LogP contribution in [0.25, 0.3) is 0 Å². The van der Waals surface area contributed by atoms with Gasteiger partial charge in [0.15, 0.2) is 0 Å². The molecular weight excluding hydrogens is 317 g/mol. The van der Waals surface area contributed by atoms with Gasteiger partial charge in [0.2, 0.25) is 10.0 Å². The highest BCUT2D eigenvalue weighted by Gasteiger charge is 2.66. The van der Waals surface area contributed by atoms with Gasteiger partial charge in [0.25, 0.3) is 0 Å². The average Bonchev–Trinajstić information content (AvgIpc) is 2.94. The molecule has 0 amide bonds. The second-order valence-corrected chi connectivity index (χ2v) is 8.14. The molecule has 0 spiro atoms. The van der Waals surface area contributed by atoms with E-state index in [9.17, 15) is 21.6 Å². The SMILES string of the molecule is O=S(=O)(Cc1ccccn1)NC12CCC(C(F)(F)F)(CC1)C2. The van der Waals surface area contributed by atoms with Crippen molar-refractivity contribution >= 4 is 10.0 Å². The number of halogens is 3. The Morgan fingerprint density at radius 3 is 2.36 bits per heavy atom. The molecule has 2 aliphatic carbocycles. The predicted molar refractivity (Wildman–Crippen MR) is 74.3 cm³/mol. The summed E-state index contributed by atoms with van der Waals surface area (Å²) in [5.74, 6) is -0.311. The highest BCUT2D eigenvalue weighted by atomic mass is 32.2. The first kappa shape index (κ1) is 15.7. The minimum atomic E-state index is -4.27. The lowest BCUT2D eigenvalue weighted by molar-refractivity contribution is -0.220. The van der Waals surface area contributed by atoms with Crippen LogP contribution in [0.4, 0.5) is 13.2 Å². The fourth-order valence-corrected chi connectivity index (χ4v) is 5.34. The molecule has 0 aromatic carbocycles. The number of fused-ring (bicyclic) bond motifs is 2. The number of hydrogen-bond acceptors (Lipinski definition) is 3. The summed E-state index contributed by atoms with van der Waals surface area (Å²) in [6, 6.07) is 4.93. The van der Waals surface area contributed by atoms with Gasteiger partial charge in [0.05, 0.1) is 11.1 Å². The summed E-state index contributed by atoms with van der Waals surface area (Å²) in [5.41, 5.74) is -2.27. The topological polar surface area (TPSA) is 59.1 Å². The van der Waals surface area contributed by atoms with E-state index in [-0.39, 0.29) is 37.9 Å². The van der Waals surface area contributed by atoms with Gasteiger partial charge >= 0.3 is 6.18 Å². The molecule has 1 aromatic heterocycles. The van der Waals surface area contributed by atoms with Crippen molar-refractivity contribution in [2.24, 2.45) is 5.41 Å². The maximum absolute atomic E-state index is 13.2. The molecule has 3 rings (SSSR count). The van der Waals surface area contributed by atoms with Gasteiger partial charge in [-0.15, -0.1) is 0 Å². The second kappa shape index (κ2) is 4.92. The van der Waals surface area contributed by atoms with Gasteiger partial charge in [-0.05, 0) is 44.2 Å². The lowest BCUT2D eigenvalue weighted by Crippen LogP contribution is -2.45. The number of nitrogens with one attached hydrogen (secondary N) is 1. The number of nitrogens with zero attached hydrogens (tertiary/aromatic N) is 1. The first-order valence-electron chi connectivity index (χ1n) is 7.14. The quantitative estimate of drug-likeness (QED) is 0.921. The van der Waals surface area contributed by atoms with Crippen LogP contribution in [0, 0.1) is 5.41 Å². The Balaban J connectivity index is 1.74. The Morgan fingerprint density at radius 2 is 1.86 bits per heavy atom. The molecule has 0 atom stereocenters. The van der Waals surface area contributed by atoms with E-state index in [0.717, 1.165) is 0 Å². The summed E-state index contributed by atoms with van der Waals surface area (Å²) >= 11 is 0. The molecule has 0 aliphatic heterocycles. The third-order valence-corrected chi connectivity index (χ3v) is 6.30. The molecule has 2 aliphatic rings. The Labute approximate surface area is 127 Å². The van der Waals surface area contributed by atoms with Gasteiger partial charge in [0, 0.05) is 11.7 Å². The normalized spacial score (nSPS) is 31.6. The molecule has 1 heterocycles. The first-order valence-corrected chi connectivity index (χ1v) is 8.79. The van der Waals surface area contributed by atoms with Crippen LogP contribution in [0.5, 0.6) is 0 Å². The monoisotopic (exact) mass is 334 g/mol. The number of aromatic nitrogens is 1. The molecular formula is C14H17F3N2O2S. The third-order valence-electron chi connectivity index (χ3n) is 4.88. The summed E-state index contributed by atoms with van der Waals surface area (Å²) in [4.78, 5) is 3.95. The number of alkyl halides is 3. The standard InChI is InChI=1S/C14H17F3N2O2S/c15-14(16,17)12-4-6-13(10-12,7-5-12)19-22(20,21)9-11-3-1-2-8-18-11/h1-3,8,19H,4-7,9-10H2. The molecule has 4 nitrogen and oxygen atoms in total. The summed E-state index contributed by atoms with van der Waals surface area (Å²) in [7, 11) is -3.71. The Morgan fingerprint density at radius 1 is 1.18 bits per heavy atom. The molecule has 2 saturated carbocycles. The molecule has 2 bridgehead atoms. The molecule has 122 valence electrons. The molecule has 0 radical (unpaired) electrons. The largest absolute Gasteiger partial charge is 0.394 e. The predicted octanol–water partition coefficient (Wildman–Crippen LogP) is 2.77. The van der Waals surface area contributed by atoms with E-state index < -0.39 is 27.2 Å². The molecule has 8 heteroatoms. The van der Waals surface area contributed by atoms with Gasteiger partial charge < -0.3 is 0 Å². The van der Waals surface area contributed by atoms with Crippen molar-refractivity contribution in [3.05, 3.63) is 30.1 Å². The van der Waals surface area contributed by atoms with Crippen LogP contribution in [-0.2, 0) is 15.8 Å². The zero-order valence-corrected chi connectivity index (χ0v) is 12.7. The van der Waals surface area contributed by atoms with Crippen molar-refractivity contribution in [2.45, 2.75) is 49.6 Å². The fourth-order valence-electron chi connectivity index (χ4n) is 3.77. The van der Waals surface area contributed by atoms with Crippen molar-refractivity contribution < 1.29 is 21.6 Å². The lowest BCUT2D eigenvalue weighted by atomic mass is 9.83. The highest BCUT2D eigenvalue weighted by molar-refractivity contribution is 7.88. The third kappa shape index (κ3) is 2.74. The first-order chi connectivity index (χ1) is 10.2. The maximum atomic E-state index is 13.2. The van der Waals surface area contributed by atoms with E-state index in [2.05, 4.69) is 9.71 Å². The molecule has 0 unspecified atom stereocenters. The van der Waals surface area contributed by atoms with E-state index in [1.54, 1.807) is 18.2 Å². The van der Waals surface area contributed by atoms with E-state index in [1.165, 1.54) is 6.20 Å². The smallest absolute Gasteiger partial charge is 0.260 e. The summed E-state index contributed by atoms with van der Waals surface area (Å²) in [5, 5.41) is 0. The van der Waals surface area contributed by atoms with Crippen molar-refractivity contribution in [1.82, 2.24) is 9.71 Å². The van der Waals surface area contributed by atoms with Crippen LogP contribution >= 0.6 is 0 Å². The van der Waals surface area contributed by atoms with Crippen molar-refractivity contribution in [3.63, 3.8) is 0 Å². The highest BCUT2D eigenvalue weighted by Crippen LogP contribution is 2.63. The van der Waals surface area contributed by atoms with Crippen LogP contribution < -0.4 is 4.72 Å². The number of sulfonamides is 1. The fraction of sp³-hybridized carbons (Fsp3) is 0.643. The van der Waals surface area contributed by atoms with Gasteiger partial charge in [0.1, 0.15) is 5.75 Å². The number of pyridine rings is 1. The molecule has 0 saturated heterocycles. The van der Waals surface area contributed by atoms with Crippen LogP contribution in [0.2, 0.25) is 0 Å². The lowest BCUT2D eigenvalue weighted by Gasteiger charge is -2.29. The molecule has 2 fully saturated rings. The molecule has 22 heavy (non-hydrogen) atoms. The van der Waals surface area contributed by atoms with Crippen LogP contribution in [0.15, 0.2) is 24.4 Å². The number of hydrogen-bond donors (Lipinski definition) is 1. The Kier molecular flexibility index (Phi) is 3.52. The Bertz CT molecular complexity index is 650. The van der Waals surface area contributed by atoms with Gasteiger partial charge in [-0.3, -0.25) is 4.98 Å². The summed E-state index contributed by atoms with van der Waals surface area (Å²) < 4.78 is 66.7. The molecule has 1 N–H and O–H groups in total. The van der Waals surface area contributed by atoms with Crippen LogP contribution in [0.1, 0.15) is 37.8 Å². The second-order valence-electron chi connectivity index (χ2n) is 6.42. The maximum Gasteiger partial charge on any atom is 0.394 e. The Hall–Kier alpha value is -1.15. The summed E-state index contributed by atoms with van der Waals surface area (Å²) in [6.45, 7) is 0. The molecule has 1 aromatic rings. The van der Waals surface area contributed by atoms with Crippen molar-refractivity contribution in [1.29, 1.82) is 0 Å². The average molecular weight is 334 g/mol. The van der Waals surface area contributed by atoms with E-state index in [4.69, 9.17) is 0 Å². The van der Waals surface area contributed by atoms with Gasteiger partial charge in [-0.1, -0.05) is 6.07 Å². The van der Waals surface area contributed by atoms with Crippen molar-refractivity contribution in [3.8, 4) is 0 Å². The minimum absolute atomic E-state index is 0.00259. The van der Waals surface area contributed by atoms with Crippen molar-refractivity contribution in [2.75, 3.05) is 0 Å². The van der Waals surface area contributed by atoms with E-state index in [0.29, 0.717) is 5.69 Å². The zero-order valence-electron chi connectivity index (χ0n) is 11.9. The zero-order chi connectivity index (χ0) is 16.1. The van der Waals surface area contributed by atoms with Crippen LogP contribution in [0.3, 0.4) is 0 Å². The van der Waals surface area contributed by atoms with Gasteiger partial charge in [-0.2, -0.15) is 13.2 Å². The van der Waals surface area contributed by atoms with Gasteiger partial charge in [-0.25, -0.2) is 13.1 Å².